The van der Waals surface area contributed by atoms with Crippen LogP contribution in [0.3, 0.4) is 0 Å². The number of benzene rings is 1. The summed E-state index contributed by atoms with van der Waals surface area (Å²) >= 11 is 13.5. The highest BCUT2D eigenvalue weighted by molar-refractivity contribution is 7.23. The van der Waals surface area contributed by atoms with Crippen molar-refractivity contribution in [2.45, 2.75) is 26.8 Å². The maximum absolute atomic E-state index is 12.4. The molecule has 0 aliphatic rings. The molecule has 0 aliphatic heterocycles. The van der Waals surface area contributed by atoms with Gasteiger partial charge in [0.2, 0.25) is 0 Å². The number of nitrogens with one attached hydrogen (secondary N) is 1. The van der Waals surface area contributed by atoms with E-state index in [-0.39, 0.29) is 11.9 Å². The highest BCUT2D eigenvalue weighted by atomic mass is 35.5. The van der Waals surface area contributed by atoms with E-state index in [0.29, 0.717) is 26.4 Å². The first kappa shape index (κ1) is 16.2. The van der Waals surface area contributed by atoms with Crippen LogP contribution in [0.4, 0.5) is 5.13 Å². The third-order valence-corrected chi connectivity index (χ3v) is 5.05. The number of carbonyl (C=O) groups is 1. The van der Waals surface area contributed by atoms with Gasteiger partial charge in [0, 0.05) is 11.7 Å². The van der Waals surface area contributed by atoms with E-state index < -0.39 is 0 Å². The van der Waals surface area contributed by atoms with Crippen molar-refractivity contribution in [2.75, 3.05) is 5.32 Å². The van der Waals surface area contributed by atoms with E-state index in [2.05, 4.69) is 15.4 Å². The van der Waals surface area contributed by atoms with Gasteiger partial charge in [-0.25, -0.2) is 4.98 Å². The molecule has 0 radical (unpaired) electrons. The summed E-state index contributed by atoms with van der Waals surface area (Å²) in [6, 6.07) is 5.34. The molecule has 0 saturated heterocycles. The molecule has 0 aliphatic carbocycles. The summed E-state index contributed by atoms with van der Waals surface area (Å²) < 4.78 is 2.56. The third-order valence-electron chi connectivity index (χ3n) is 3.31. The van der Waals surface area contributed by atoms with Gasteiger partial charge in [0.25, 0.3) is 5.91 Å². The van der Waals surface area contributed by atoms with Crippen LogP contribution < -0.4 is 5.32 Å². The fraction of sp³-hybridized carbons (Fsp3) is 0.267. The lowest BCUT2D eigenvalue weighted by Crippen LogP contribution is -2.13. The zero-order valence-electron chi connectivity index (χ0n) is 12.7. The molecular formula is C15H14Cl2N4OS. The fourth-order valence-electron chi connectivity index (χ4n) is 2.28. The predicted octanol–water partition coefficient (Wildman–Crippen LogP) is 4.94. The molecular weight excluding hydrogens is 355 g/mol. The average molecular weight is 369 g/mol. The quantitative estimate of drug-likeness (QED) is 0.711. The number of hydrogen-bond acceptors (Lipinski definition) is 4. The number of anilines is 1. The zero-order chi connectivity index (χ0) is 16.7. The number of fused-ring (bicyclic) bond motifs is 1. The van der Waals surface area contributed by atoms with Crippen molar-refractivity contribution in [3.05, 3.63) is 39.6 Å². The molecule has 120 valence electrons. The third kappa shape index (κ3) is 3.06. The van der Waals surface area contributed by atoms with Crippen LogP contribution in [-0.2, 0) is 0 Å². The topological polar surface area (TPSA) is 59.8 Å². The van der Waals surface area contributed by atoms with Crippen LogP contribution in [0.25, 0.3) is 10.2 Å². The van der Waals surface area contributed by atoms with Crippen LogP contribution in [0, 0.1) is 6.92 Å². The molecule has 3 rings (SSSR count). The Morgan fingerprint density at radius 2 is 2.00 bits per heavy atom. The molecule has 0 bridgehead atoms. The summed E-state index contributed by atoms with van der Waals surface area (Å²) in [4.78, 5) is 16.7. The van der Waals surface area contributed by atoms with Crippen LogP contribution in [0.2, 0.25) is 10.0 Å². The van der Waals surface area contributed by atoms with Gasteiger partial charge in [0.05, 0.1) is 14.7 Å². The molecule has 0 fully saturated rings. The Balaban J connectivity index is 1.90. The molecule has 2 heterocycles. The Morgan fingerprint density at radius 3 is 2.61 bits per heavy atom. The van der Waals surface area contributed by atoms with Crippen molar-refractivity contribution in [3.63, 3.8) is 0 Å². The molecule has 0 saturated carbocycles. The molecule has 0 unspecified atom stereocenters. The summed E-state index contributed by atoms with van der Waals surface area (Å²) in [6.45, 7) is 5.94. The predicted molar refractivity (Wildman–Crippen MR) is 94.9 cm³/mol. The van der Waals surface area contributed by atoms with Gasteiger partial charge < -0.3 is 0 Å². The number of amides is 1. The maximum atomic E-state index is 12.4. The summed E-state index contributed by atoms with van der Waals surface area (Å²) in [5, 5.41) is 8.58. The lowest BCUT2D eigenvalue weighted by Gasteiger charge is -2.06. The second-order valence-electron chi connectivity index (χ2n) is 5.39. The van der Waals surface area contributed by atoms with Crippen LogP contribution in [0.15, 0.2) is 18.2 Å². The fourth-order valence-corrected chi connectivity index (χ4v) is 3.70. The SMILES string of the molecule is Cc1cc(C(=O)Nc2nc3c(Cl)ccc(Cl)c3s2)nn1C(C)C. The number of halogens is 2. The number of aromatic nitrogens is 3. The molecule has 0 spiro atoms. The van der Waals surface area contributed by atoms with E-state index >= 15 is 0 Å². The Morgan fingerprint density at radius 1 is 1.30 bits per heavy atom. The van der Waals surface area contributed by atoms with Crippen LogP contribution in [0.5, 0.6) is 0 Å². The van der Waals surface area contributed by atoms with Gasteiger partial charge in [0.1, 0.15) is 5.52 Å². The number of carbonyl (C=O) groups excluding carboxylic acids is 1. The van der Waals surface area contributed by atoms with Crippen molar-refractivity contribution in [3.8, 4) is 0 Å². The molecule has 8 heteroatoms. The molecule has 2 aromatic heterocycles. The van der Waals surface area contributed by atoms with E-state index in [1.165, 1.54) is 11.3 Å². The van der Waals surface area contributed by atoms with E-state index in [1.807, 2.05) is 20.8 Å². The first-order valence-electron chi connectivity index (χ1n) is 6.99. The lowest BCUT2D eigenvalue weighted by molar-refractivity contribution is 0.102. The first-order chi connectivity index (χ1) is 10.9. The summed E-state index contributed by atoms with van der Waals surface area (Å²) in [7, 11) is 0. The zero-order valence-corrected chi connectivity index (χ0v) is 15.1. The Bertz CT molecular complexity index is 861. The van der Waals surface area contributed by atoms with E-state index in [1.54, 1.807) is 22.9 Å². The van der Waals surface area contributed by atoms with Crippen LogP contribution in [-0.4, -0.2) is 20.7 Å². The number of rotatable bonds is 3. The second kappa shape index (κ2) is 6.11. The number of hydrogen-bond donors (Lipinski definition) is 1. The highest BCUT2D eigenvalue weighted by Crippen LogP contribution is 2.36. The normalized spacial score (nSPS) is 11.4. The lowest BCUT2D eigenvalue weighted by atomic mass is 10.3. The number of nitrogens with zero attached hydrogens (tertiary/aromatic N) is 3. The van der Waals surface area contributed by atoms with Crippen LogP contribution in [0.1, 0.15) is 36.1 Å². The Kier molecular flexibility index (Phi) is 4.31. The van der Waals surface area contributed by atoms with Crippen LogP contribution >= 0.6 is 34.5 Å². The Hall–Kier alpha value is -1.63. The molecule has 1 N–H and O–H groups in total. The van der Waals surface area contributed by atoms with Crippen molar-refractivity contribution in [1.29, 1.82) is 0 Å². The van der Waals surface area contributed by atoms with Gasteiger partial charge >= 0.3 is 0 Å². The average Bonchev–Trinajstić information content (AvgIpc) is 3.07. The van der Waals surface area contributed by atoms with Gasteiger partial charge in [-0.05, 0) is 39.0 Å². The van der Waals surface area contributed by atoms with Crippen molar-refractivity contribution < 1.29 is 4.79 Å². The van der Waals surface area contributed by atoms with Gasteiger partial charge in [-0.15, -0.1) is 0 Å². The highest BCUT2D eigenvalue weighted by Gasteiger charge is 2.17. The van der Waals surface area contributed by atoms with Gasteiger partial charge in [-0.2, -0.15) is 5.10 Å². The first-order valence-corrected chi connectivity index (χ1v) is 8.56. The van der Waals surface area contributed by atoms with Crippen molar-refractivity contribution in [2.24, 2.45) is 0 Å². The largest absolute Gasteiger partial charge is 0.296 e. The van der Waals surface area contributed by atoms with E-state index in [4.69, 9.17) is 23.2 Å². The molecule has 1 amide bonds. The Labute approximate surface area is 147 Å². The standard InChI is InChI=1S/C15H14Cl2N4OS/c1-7(2)21-8(3)6-11(20-21)14(22)19-15-18-12-9(16)4-5-10(17)13(12)23-15/h4-7H,1-3H3,(H,18,19,22). The molecule has 1 aromatic carbocycles. The van der Waals surface area contributed by atoms with Crippen molar-refractivity contribution >= 4 is 55.8 Å². The smallest absolute Gasteiger partial charge is 0.277 e. The van der Waals surface area contributed by atoms with Gasteiger partial charge in [-0.1, -0.05) is 34.5 Å². The van der Waals surface area contributed by atoms with Gasteiger partial charge in [0.15, 0.2) is 10.8 Å². The molecule has 23 heavy (non-hydrogen) atoms. The summed E-state index contributed by atoms with van der Waals surface area (Å²) in [5.74, 6) is -0.307. The number of thiazole rings is 1. The minimum Gasteiger partial charge on any atom is -0.296 e. The minimum absolute atomic E-state index is 0.191. The van der Waals surface area contributed by atoms with Gasteiger partial charge in [-0.3, -0.25) is 14.8 Å². The molecule has 5 nitrogen and oxygen atoms in total. The molecule has 0 atom stereocenters. The minimum atomic E-state index is -0.307. The number of aryl methyl sites for hydroxylation is 1. The summed E-state index contributed by atoms with van der Waals surface area (Å²) in [5.41, 5.74) is 1.87. The summed E-state index contributed by atoms with van der Waals surface area (Å²) in [6.07, 6.45) is 0. The monoisotopic (exact) mass is 368 g/mol. The van der Waals surface area contributed by atoms with Crippen molar-refractivity contribution in [1.82, 2.24) is 14.8 Å². The molecule has 3 aromatic rings. The second-order valence-corrected chi connectivity index (χ2v) is 7.20. The van der Waals surface area contributed by atoms with E-state index in [9.17, 15) is 4.79 Å². The van der Waals surface area contributed by atoms with E-state index in [0.717, 1.165) is 10.4 Å². The maximum Gasteiger partial charge on any atom is 0.277 e.